The molecule has 3 heteroatoms. The van der Waals surface area contributed by atoms with Crippen molar-refractivity contribution in [2.45, 2.75) is 84.3 Å². The molecule has 0 aliphatic carbocycles. The van der Waals surface area contributed by atoms with Crippen LogP contribution in [0.15, 0.2) is 0 Å². The first-order valence-corrected chi connectivity index (χ1v) is 6.99. The van der Waals surface area contributed by atoms with E-state index in [1.54, 1.807) is 6.92 Å². The smallest absolute Gasteiger partial charge is 0.113 e. The highest BCUT2D eigenvalue weighted by atomic mass is 35.5. The summed E-state index contributed by atoms with van der Waals surface area (Å²) in [6, 6.07) is 0. The van der Waals surface area contributed by atoms with Crippen molar-refractivity contribution in [3.63, 3.8) is 0 Å². The average Bonchev–Trinajstić information content (AvgIpc) is 2.20. The van der Waals surface area contributed by atoms with Crippen molar-refractivity contribution in [3.05, 3.63) is 0 Å². The predicted octanol–water partition coefficient (Wildman–Crippen LogP) is 4.24. The van der Waals surface area contributed by atoms with Gasteiger partial charge in [0, 0.05) is 0 Å². The van der Waals surface area contributed by atoms with Crippen LogP contribution >= 0.6 is 12.4 Å². The topological polar surface area (TPSA) is 46.2 Å². The van der Waals surface area contributed by atoms with Gasteiger partial charge < -0.3 is 10.8 Å². The molecule has 3 N–H and O–H groups in total. The summed E-state index contributed by atoms with van der Waals surface area (Å²) >= 11 is 0. The van der Waals surface area contributed by atoms with Crippen molar-refractivity contribution >= 4 is 12.4 Å². The lowest BCUT2D eigenvalue weighted by Gasteiger charge is -2.25. The van der Waals surface area contributed by atoms with Crippen LogP contribution in [0, 0.1) is 5.92 Å². The number of aliphatic hydroxyl groups is 1. The Balaban J connectivity index is 0. The fraction of sp³-hybridized carbons (Fsp3) is 1.00. The number of nitrogens with two attached hydrogens (primary N) is 1. The van der Waals surface area contributed by atoms with Gasteiger partial charge in [0.15, 0.2) is 0 Å². The van der Waals surface area contributed by atoms with Crippen LogP contribution in [-0.4, -0.2) is 10.8 Å². The van der Waals surface area contributed by atoms with Gasteiger partial charge in [0.05, 0.1) is 0 Å². The van der Waals surface area contributed by atoms with E-state index < -0.39 is 5.72 Å². The van der Waals surface area contributed by atoms with Crippen molar-refractivity contribution in [1.29, 1.82) is 0 Å². The first kappa shape index (κ1) is 19.5. The minimum Gasteiger partial charge on any atom is -0.376 e. The van der Waals surface area contributed by atoms with Crippen molar-refractivity contribution in [1.82, 2.24) is 0 Å². The molecular weight excluding hydrogens is 234 g/mol. The van der Waals surface area contributed by atoms with Crippen LogP contribution in [0.2, 0.25) is 0 Å². The van der Waals surface area contributed by atoms with Gasteiger partial charge >= 0.3 is 0 Å². The van der Waals surface area contributed by atoms with Crippen LogP contribution in [0.3, 0.4) is 0 Å². The molecule has 0 amide bonds. The van der Waals surface area contributed by atoms with Crippen molar-refractivity contribution in [2.75, 3.05) is 0 Å². The molecule has 0 heterocycles. The normalized spacial score (nSPS) is 16.1. The molecule has 0 aromatic rings. The highest BCUT2D eigenvalue weighted by Crippen LogP contribution is 2.18. The van der Waals surface area contributed by atoms with Gasteiger partial charge in [-0.3, -0.25) is 0 Å². The lowest BCUT2D eigenvalue weighted by Crippen LogP contribution is -2.42. The van der Waals surface area contributed by atoms with Gasteiger partial charge in [-0.2, -0.15) is 0 Å². The summed E-state index contributed by atoms with van der Waals surface area (Å²) in [6.45, 7) is 5.98. The van der Waals surface area contributed by atoms with Crippen LogP contribution in [0.5, 0.6) is 0 Å². The maximum Gasteiger partial charge on any atom is 0.113 e. The highest BCUT2D eigenvalue weighted by Gasteiger charge is 2.21. The second-order valence-electron chi connectivity index (χ2n) is 5.39. The van der Waals surface area contributed by atoms with Crippen LogP contribution in [0.25, 0.3) is 0 Å². The molecule has 0 saturated heterocycles. The van der Waals surface area contributed by atoms with E-state index in [0.717, 1.165) is 6.42 Å². The monoisotopic (exact) mass is 265 g/mol. The summed E-state index contributed by atoms with van der Waals surface area (Å²) in [5.41, 5.74) is 4.63. The van der Waals surface area contributed by atoms with E-state index in [-0.39, 0.29) is 18.3 Å². The molecule has 0 bridgehead atoms. The quantitative estimate of drug-likeness (QED) is 0.458. The summed E-state index contributed by atoms with van der Waals surface area (Å²) in [5, 5.41) is 9.56. The molecule has 0 rings (SSSR count). The van der Waals surface area contributed by atoms with Gasteiger partial charge in [0.2, 0.25) is 0 Å². The third-order valence-electron chi connectivity index (χ3n) is 3.49. The van der Waals surface area contributed by atoms with Gasteiger partial charge in [0.1, 0.15) is 5.72 Å². The molecule has 0 spiro atoms. The molecule has 2 nitrogen and oxygen atoms in total. The Bertz CT molecular complexity index is 157. The molecule has 2 atom stereocenters. The first-order valence-electron chi connectivity index (χ1n) is 6.99. The van der Waals surface area contributed by atoms with Crippen LogP contribution in [0.1, 0.15) is 78.6 Å². The zero-order valence-electron chi connectivity index (χ0n) is 11.9. The summed E-state index contributed by atoms with van der Waals surface area (Å²) in [6.07, 6.45) is 11.7. The Morgan fingerprint density at radius 2 is 1.41 bits per heavy atom. The van der Waals surface area contributed by atoms with E-state index in [2.05, 4.69) is 6.92 Å². The fourth-order valence-corrected chi connectivity index (χ4v) is 1.88. The summed E-state index contributed by atoms with van der Waals surface area (Å²) in [4.78, 5) is 0. The second kappa shape index (κ2) is 11.3. The Hall–Kier alpha value is 0.210. The summed E-state index contributed by atoms with van der Waals surface area (Å²) in [5.74, 6) is 0.201. The standard InChI is InChI=1S/C14H31NO.ClH/c1-4-5-6-7-8-9-10-11-12-13(2)14(3,15)16;/h13,16H,4-12,15H2,1-3H3;1H. The largest absolute Gasteiger partial charge is 0.376 e. The predicted molar refractivity (Wildman–Crippen MR) is 78.5 cm³/mol. The van der Waals surface area contributed by atoms with Crippen LogP contribution in [0.4, 0.5) is 0 Å². The highest BCUT2D eigenvalue weighted by molar-refractivity contribution is 5.85. The van der Waals surface area contributed by atoms with E-state index in [0.29, 0.717) is 0 Å². The Morgan fingerprint density at radius 1 is 1.00 bits per heavy atom. The molecule has 0 aliphatic rings. The molecular formula is C14H32ClNO. The van der Waals surface area contributed by atoms with E-state index >= 15 is 0 Å². The lowest BCUT2D eigenvalue weighted by molar-refractivity contribution is 0.00810. The van der Waals surface area contributed by atoms with Gasteiger partial charge in [-0.25, -0.2) is 0 Å². The SMILES string of the molecule is CCCCCCCCCCC(C)C(C)(N)O.Cl. The number of rotatable bonds is 10. The summed E-state index contributed by atoms with van der Waals surface area (Å²) in [7, 11) is 0. The lowest BCUT2D eigenvalue weighted by atomic mass is 9.93. The van der Waals surface area contributed by atoms with E-state index in [1.807, 2.05) is 6.92 Å². The first-order chi connectivity index (χ1) is 7.48. The van der Waals surface area contributed by atoms with Crippen molar-refractivity contribution in [3.8, 4) is 0 Å². The average molecular weight is 266 g/mol. The number of halogens is 1. The molecule has 106 valence electrons. The Labute approximate surface area is 114 Å². The number of hydrogen-bond donors (Lipinski definition) is 2. The molecule has 17 heavy (non-hydrogen) atoms. The maximum atomic E-state index is 9.56. The molecule has 0 aromatic carbocycles. The molecule has 0 saturated carbocycles. The van der Waals surface area contributed by atoms with Gasteiger partial charge in [-0.1, -0.05) is 65.2 Å². The van der Waals surface area contributed by atoms with E-state index in [1.165, 1.54) is 51.4 Å². The molecule has 0 radical (unpaired) electrons. The zero-order chi connectivity index (χ0) is 12.4. The zero-order valence-corrected chi connectivity index (χ0v) is 12.7. The second-order valence-corrected chi connectivity index (χ2v) is 5.39. The molecule has 2 unspecified atom stereocenters. The van der Waals surface area contributed by atoms with E-state index in [4.69, 9.17) is 5.73 Å². The van der Waals surface area contributed by atoms with Gasteiger partial charge in [0.25, 0.3) is 0 Å². The maximum absolute atomic E-state index is 9.56. The Morgan fingerprint density at radius 3 is 1.82 bits per heavy atom. The third-order valence-corrected chi connectivity index (χ3v) is 3.49. The molecule has 0 fully saturated rings. The van der Waals surface area contributed by atoms with E-state index in [9.17, 15) is 5.11 Å². The molecule has 0 aliphatic heterocycles. The fourth-order valence-electron chi connectivity index (χ4n) is 1.88. The van der Waals surface area contributed by atoms with Crippen LogP contribution < -0.4 is 5.73 Å². The summed E-state index contributed by atoms with van der Waals surface area (Å²) < 4.78 is 0. The van der Waals surface area contributed by atoms with Gasteiger partial charge in [-0.05, 0) is 19.3 Å². The van der Waals surface area contributed by atoms with Crippen LogP contribution in [-0.2, 0) is 0 Å². The minimum absolute atomic E-state index is 0. The Kier molecular flexibility index (Phi) is 13.0. The minimum atomic E-state index is -0.999. The number of hydrogen-bond acceptors (Lipinski definition) is 2. The molecule has 0 aromatic heterocycles. The van der Waals surface area contributed by atoms with Gasteiger partial charge in [-0.15, -0.1) is 12.4 Å². The van der Waals surface area contributed by atoms with Crippen molar-refractivity contribution < 1.29 is 5.11 Å². The third kappa shape index (κ3) is 12.5. The number of unbranched alkanes of at least 4 members (excludes halogenated alkanes) is 7. The van der Waals surface area contributed by atoms with Crippen molar-refractivity contribution in [2.24, 2.45) is 11.7 Å².